The van der Waals surface area contributed by atoms with Crippen molar-refractivity contribution in [1.29, 1.82) is 0 Å². The number of esters is 1. The Kier molecular flexibility index (Phi) is 6.17. The molecule has 1 amide bonds. The predicted molar refractivity (Wildman–Crippen MR) is 97.0 cm³/mol. The summed E-state index contributed by atoms with van der Waals surface area (Å²) < 4.78 is 10.6. The number of aryl methyl sites for hydroxylation is 1. The molecule has 0 fully saturated rings. The number of carbonyl (C=O) groups excluding carboxylic acids is 2. The number of anilines is 1. The normalized spacial score (nSPS) is 11.5. The van der Waals surface area contributed by atoms with Gasteiger partial charge in [0.15, 0.2) is 6.10 Å². The second kappa shape index (κ2) is 8.33. The molecule has 2 rings (SSSR count). The van der Waals surface area contributed by atoms with Crippen LogP contribution < -0.4 is 10.1 Å². The van der Waals surface area contributed by atoms with Crippen molar-refractivity contribution in [3.63, 3.8) is 0 Å². The molecule has 2 aromatic carbocycles. The third-order valence-electron chi connectivity index (χ3n) is 4.02. The number of methoxy groups -OCH3 is 1. The quantitative estimate of drug-likeness (QED) is 0.810. The lowest BCUT2D eigenvalue weighted by Gasteiger charge is -2.19. The van der Waals surface area contributed by atoms with Crippen molar-refractivity contribution >= 4 is 17.6 Å². The fraction of sp³-hybridized carbons (Fsp3) is 0.300. The Morgan fingerprint density at radius 3 is 2.44 bits per heavy atom. The molecule has 1 atom stereocenters. The summed E-state index contributed by atoms with van der Waals surface area (Å²) in [6.07, 6.45) is -0.0992. The molecule has 0 saturated carbocycles. The minimum Gasteiger partial charge on any atom is -0.480 e. The molecule has 1 N–H and O–H groups in total. The summed E-state index contributed by atoms with van der Waals surface area (Å²) in [6.45, 7) is 5.59. The number of para-hydroxylation sites is 1. The molecule has 0 aliphatic carbocycles. The molecule has 0 saturated heterocycles. The van der Waals surface area contributed by atoms with Gasteiger partial charge in [-0.1, -0.05) is 31.2 Å². The second-order valence-electron chi connectivity index (χ2n) is 5.74. The number of hydrogen-bond donors (Lipinski definition) is 1. The van der Waals surface area contributed by atoms with Gasteiger partial charge in [-0.15, -0.1) is 0 Å². The zero-order chi connectivity index (χ0) is 18.4. The van der Waals surface area contributed by atoms with Crippen molar-refractivity contribution in [3.8, 4) is 5.75 Å². The van der Waals surface area contributed by atoms with E-state index in [9.17, 15) is 9.59 Å². The molecule has 132 valence electrons. The highest BCUT2D eigenvalue weighted by molar-refractivity contribution is 5.98. The Bertz CT molecular complexity index is 770. The topological polar surface area (TPSA) is 64.6 Å². The van der Waals surface area contributed by atoms with Gasteiger partial charge in [0.25, 0.3) is 5.91 Å². The molecule has 5 nitrogen and oxygen atoms in total. The molecule has 0 radical (unpaired) electrons. The second-order valence-corrected chi connectivity index (χ2v) is 5.74. The molecule has 0 unspecified atom stereocenters. The summed E-state index contributed by atoms with van der Waals surface area (Å²) in [6, 6.07) is 12.7. The molecule has 0 spiro atoms. The third kappa shape index (κ3) is 4.38. The number of rotatable bonds is 6. The van der Waals surface area contributed by atoms with Gasteiger partial charge in [-0.25, -0.2) is 4.79 Å². The van der Waals surface area contributed by atoms with Crippen LogP contribution in [0.15, 0.2) is 42.5 Å². The molecular formula is C20H23NO4. The fourth-order valence-electron chi connectivity index (χ4n) is 2.48. The van der Waals surface area contributed by atoms with Gasteiger partial charge in [0.05, 0.1) is 12.7 Å². The first-order chi connectivity index (χ1) is 12.0. The van der Waals surface area contributed by atoms with Crippen LogP contribution in [0.4, 0.5) is 5.69 Å². The van der Waals surface area contributed by atoms with Crippen molar-refractivity contribution in [1.82, 2.24) is 0 Å². The molecule has 0 heterocycles. The van der Waals surface area contributed by atoms with E-state index in [-0.39, 0.29) is 5.91 Å². The van der Waals surface area contributed by atoms with Crippen molar-refractivity contribution in [2.24, 2.45) is 0 Å². The molecule has 25 heavy (non-hydrogen) atoms. The van der Waals surface area contributed by atoms with Gasteiger partial charge in [-0.3, -0.25) is 4.79 Å². The van der Waals surface area contributed by atoms with Crippen LogP contribution in [0.2, 0.25) is 0 Å². The summed E-state index contributed by atoms with van der Waals surface area (Å²) >= 11 is 0. The number of amides is 1. The van der Waals surface area contributed by atoms with E-state index in [1.165, 1.54) is 7.11 Å². The maximum atomic E-state index is 12.6. The average Bonchev–Trinajstić information content (AvgIpc) is 2.62. The van der Waals surface area contributed by atoms with Crippen molar-refractivity contribution in [2.75, 3.05) is 12.4 Å². The van der Waals surface area contributed by atoms with Gasteiger partial charge in [0.2, 0.25) is 0 Å². The van der Waals surface area contributed by atoms with Crippen LogP contribution in [0.3, 0.4) is 0 Å². The molecule has 0 aliphatic heterocycles. The Hall–Kier alpha value is -2.82. The van der Waals surface area contributed by atoms with Crippen molar-refractivity contribution in [3.05, 3.63) is 59.2 Å². The highest BCUT2D eigenvalue weighted by Crippen LogP contribution is 2.22. The largest absolute Gasteiger partial charge is 0.480 e. The Balaban J connectivity index is 2.17. The van der Waals surface area contributed by atoms with E-state index in [4.69, 9.17) is 9.47 Å². The molecular weight excluding hydrogens is 318 g/mol. The Labute approximate surface area is 148 Å². The molecule has 0 aromatic heterocycles. The van der Waals surface area contributed by atoms with Crippen LogP contribution in [0, 0.1) is 13.8 Å². The maximum Gasteiger partial charge on any atom is 0.338 e. The van der Waals surface area contributed by atoms with Gasteiger partial charge in [0, 0.05) is 5.69 Å². The number of hydrogen-bond acceptors (Lipinski definition) is 4. The lowest BCUT2D eigenvalue weighted by atomic mass is 10.1. The van der Waals surface area contributed by atoms with Crippen molar-refractivity contribution in [2.45, 2.75) is 33.3 Å². The van der Waals surface area contributed by atoms with Crippen LogP contribution in [-0.2, 0) is 9.53 Å². The summed E-state index contributed by atoms with van der Waals surface area (Å²) in [5.74, 6) is -0.00259. The van der Waals surface area contributed by atoms with E-state index in [0.717, 1.165) is 5.56 Å². The fourth-order valence-corrected chi connectivity index (χ4v) is 2.48. The van der Waals surface area contributed by atoms with E-state index in [1.54, 1.807) is 25.1 Å². The van der Waals surface area contributed by atoms with E-state index in [0.29, 0.717) is 29.0 Å². The van der Waals surface area contributed by atoms with Crippen LogP contribution in [0.1, 0.15) is 34.8 Å². The van der Waals surface area contributed by atoms with E-state index < -0.39 is 12.1 Å². The number of ether oxygens (including phenoxy) is 2. The van der Waals surface area contributed by atoms with Crippen LogP contribution in [-0.4, -0.2) is 25.1 Å². The predicted octanol–water partition coefficient (Wildman–Crippen LogP) is 3.89. The SMILES string of the molecule is CC[C@H](Oc1ccccc1C)C(=O)Nc1cccc(C(=O)OC)c1C. The lowest BCUT2D eigenvalue weighted by molar-refractivity contribution is -0.122. The van der Waals surface area contributed by atoms with Crippen LogP contribution in [0.5, 0.6) is 5.75 Å². The van der Waals surface area contributed by atoms with Gasteiger partial charge in [0.1, 0.15) is 5.75 Å². The summed E-state index contributed by atoms with van der Waals surface area (Å²) in [5.41, 5.74) is 2.62. The van der Waals surface area contributed by atoms with E-state index >= 15 is 0 Å². The zero-order valence-corrected chi connectivity index (χ0v) is 15.0. The Morgan fingerprint density at radius 2 is 1.80 bits per heavy atom. The molecule has 2 aromatic rings. The molecule has 0 aliphatic rings. The lowest BCUT2D eigenvalue weighted by Crippen LogP contribution is -2.33. The van der Waals surface area contributed by atoms with Gasteiger partial charge in [-0.05, 0) is 49.6 Å². The first-order valence-corrected chi connectivity index (χ1v) is 8.19. The highest BCUT2D eigenvalue weighted by Gasteiger charge is 2.21. The van der Waals surface area contributed by atoms with E-state index in [1.807, 2.05) is 38.1 Å². The van der Waals surface area contributed by atoms with Gasteiger partial charge in [-0.2, -0.15) is 0 Å². The van der Waals surface area contributed by atoms with E-state index in [2.05, 4.69) is 5.32 Å². The van der Waals surface area contributed by atoms with Crippen LogP contribution >= 0.6 is 0 Å². The Morgan fingerprint density at radius 1 is 1.08 bits per heavy atom. The van der Waals surface area contributed by atoms with Crippen LogP contribution in [0.25, 0.3) is 0 Å². The first kappa shape index (κ1) is 18.5. The average molecular weight is 341 g/mol. The number of nitrogens with one attached hydrogen (secondary N) is 1. The monoisotopic (exact) mass is 341 g/mol. The van der Waals surface area contributed by atoms with Gasteiger partial charge < -0.3 is 14.8 Å². The molecule has 0 bridgehead atoms. The summed E-state index contributed by atoms with van der Waals surface area (Å²) in [7, 11) is 1.33. The zero-order valence-electron chi connectivity index (χ0n) is 15.0. The minimum atomic E-state index is -0.623. The summed E-state index contributed by atoms with van der Waals surface area (Å²) in [4.78, 5) is 24.4. The minimum absolute atomic E-state index is 0.254. The first-order valence-electron chi connectivity index (χ1n) is 8.19. The standard InChI is InChI=1S/C20H23NO4/c1-5-17(25-18-12-7-6-9-13(18)2)19(22)21-16-11-8-10-15(14(16)3)20(23)24-4/h6-12,17H,5H2,1-4H3,(H,21,22)/t17-/m0/s1. The third-order valence-corrected chi connectivity index (χ3v) is 4.02. The number of benzene rings is 2. The van der Waals surface area contributed by atoms with Gasteiger partial charge >= 0.3 is 5.97 Å². The smallest absolute Gasteiger partial charge is 0.338 e. The van der Waals surface area contributed by atoms with Crippen molar-refractivity contribution < 1.29 is 19.1 Å². The maximum absolute atomic E-state index is 12.6. The molecule has 5 heteroatoms. The summed E-state index contributed by atoms with van der Waals surface area (Å²) in [5, 5.41) is 2.85. The number of carbonyl (C=O) groups is 2. The highest BCUT2D eigenvalue weighted by atomic mass is 16.5.